The van der Waals surface area contributed by atoms with Crippen LogP contribution in [0.4, 0.5) is 0 Å². The number of unbranched alkanes of at least 4 members (excludes halogenated alkanes) is 10. The van der Waals surface area contributed by atoms with Crippen molar-refractivity contribution in [3.8, 4) is 28.7 Å². The molecule has 0 heterocycles. The van der Waals surface area contributed by atoms with Crippen molar-refractivity contribution in [1.82, 2.24) is 0 Å². The molecule has 0 spiro atoms. The molecule has 9 heteroatoms. The first kappa shape index (κ1) is 43.2. The van der Waals surface area contributed by atoms with E-state index >= 15 is 0 Å². The van der Waals surface area contributed by atoms with Crippen LogP contribution in [-0.2, 0) is 11.3 Å². The number of benzene rings is 4. The minimum absolute atomic E-state index is 0.0526. The van der Waals surface area contributed by atoms with E-state index in [0.29, 0.717) is 48.2 Å². The van der Waals surface area contributed by atoms with Gasteiger partial charge in [-0.1, -0.05) is 103 Å². The number of hydrogen-bond acceptors (Lipinski definition) is 9. The van der Waals surface area contributed by atoms with Gasteiger partial charge < -0.3 is 28.4 Å². The summed E-state index contributed by atoms with van der Waals surface area (Å²) in [6, 6.07) is 24.6. The quantitative estimate of drug-likeness (QED) is 0.0267. The van der Waals surface area contributed by atoms with E-state index < -0.39 is 17.9 Å². The molecule has 0 bridgehead atoms. The molecule has 0 aliphatic carbocycles. The Labute approximate surface area is 331 Å². The molecular formula is C47H56O9. The molecule has 4 aromatic carbocycles. The van der Waals surface area contributed by atoms with Crippen LogP contribution in [0.1, 0.15) is 128 Å². The van der Waals surface area contributed by atoms with Crippen molar-refractivity contribution in [2.75, 3.05) is 19.8 Å². The SMILES string of the molecule is C=CCOc1ccc(COC(=O)c2cc(OC(=O)c3ccc(OCCCCCCCC)cc3)ccc2OC(=O)c2ccc(OCCCCCCCC)cc2)cc1. The maximum absolute atomic E-state index is 13.5. The van der Waals surface area contributed by atoms with Gasteiger partial charge >= 0.3 is 17.9 Å². The zero-order valence-corrected chi connectivity index (χ0v) is 32.9. The van der Waals surface area contributed by atoms with Gasteiger partial charge in [-0.25, -0.2) is 14.4 Å². The normalized spacial score (nSPS) is 10.7. The minimum Gasteiger partial charge on any atom is -0.494 e. The highest BCUT2D eigenvalue weighted by Crippen LogP contribution is 2.28. The molecule has 0 saturated carbocycles. The van der Waals surface area contributed by atoms with Gasteiger partial charge in [0.15, 0.2) is 0 Å². The lowest BCUT2D eigenvalue weighted by molar-refractivity contribution is 0.0465. The maximum atomic E-state index is 13.5. The predicted octanol–water partition coefficient (Wildman–Crippen LogP) is 11.5. The summed E-state index contributed by atoms with van der Waals surface area (Å²) in [7, 11) is 0. The first-order valence-electron chi connectivity index (χ1n) is 19.9. The Morgan fingerprint density at radius 3 is 1.52 bits per heavy atom. The number of ether oxygens (including phenoxy) is 6. The summed E-state index contributed by atoms with van der Waals surface area (Å²) in [5.74, 6) is -0.0978. The molecule has 0 fully saturated rings. The second-order valence-corrected chi connectivity index (χ2v) is 13.5. The number of esters is 3. The van der Waals surface area contributed by atoms with Crippen molar-refractivity contribution in [3.63, 3.8) is 0 Å². The summed E-state index contributed by atoms with van der Waals surface area (Å²) < 4.78 is 34.2. The van der Waals surface area contributed by atoms with Gasteiger partial charge in [0.1, 0.15) is 47.5 Å². The molecule has 298 valence electrons. The molecule has 56 heavy (non-hydrogen) atoms. The van der Waals surface area contributed by atoms with Gasteiger partial charge in [0, 0.05) is 0 Å². The molecule has 0 saturated heterocycles. The molecule has 0 aliphatic rings. The Hall–Kier alpha value is -5.57. The molecule has 9 nitrogen and oxygen atoms in total. The Balaban J connectivity index is 1.40. The van der Waals surface area contributed by atoms with E-state index in [9.17, 15) is 14.4 Å². The monoisotopic (exact) mass is 764 g/mol. The summed E-state index contributed by atoms with van der Waals surface area (Å²) >= 11 is 0. The zero-order valence-electron chi connectivity index (χ0n) is 32.9. The molecular weight excluding hydrogens is 709 g/mol. The lowest BCUT2D eigenvalue weighted by Gasteiger charge is -2.13. The molecule has 0 unspecified atom stereocenters. The molecule has 4 aromatic rings. The second-order valence-electron chi connectivity index (χ2n) is 13.5. The van der Waals surface area contributed by atoms with Gasteiger partial charge in [0.25, 0.3) is 0 Å². The number of rotatable bonds is 26. The van der Waals surface area contributed by atoms with Gasteiger partial charge in [0.05, 0.1) is 24.3 Å². The smallest absolute Gasteiger partial charge is 0.343 e. The summed E-state index contributed by atoms with van der Waals surface area (Å²) in [6.07, 6.45) is 15.7. The molecule has 0 radical (unpaired) electrons. The standard InChI is InChI=1S/C47H56O9/c1-4-7-9-11-13-15-32-52-40-25-19-37(20-26-40)45(48)55-42-29-30-44(43(34-42)47(50)54-35-36-17-23-39(24-18-36)51-31-6-3)56-46(49)38-21-27-41(28-22-38)53-33-16-14-12-10-8-5-2/h6,17-30,34H,3-5,7-16,31-33,35H2,1-2H3. The maximum Gasteiger partial charge on any atom is 0.343 e. The molecule has 4 rings (SSSR count). The van der Waals surface area contributed by atoms with Crippen molar-refractivity contribution in [1.29, 1.82) is 0 Å². The third-order valence-electron chi connectivity index (χ3n) is 8.96. The topological polar surface area (TPSA) is 107 Å². The van der Waals surface area contributed by atoms with Crippen molar-refractivity contribution in [3.05, 3.63) is 126 Å². The average molecular weight is 765 g/mol. The Morgan fingerprint density at radius 1 is 0.518 bits per heavy atom. The van der Waals surface area contributed by atoms with Crippen LogP contribution in [0.2, 0.25) is 0 Å². The van der Waals surface area contributed by atoms with Crippen molar-refractivity contribution < 1.29 is 42.8 Å². The lowest BCUT2D eigenvalue weighted by atomic mass is 10.1. The van der Waals surface area contributed by atoms with Crippen LogP contribution in [0.25, 0.3) is 0 Å². The number of carbonyl (C=O) groups excluding carboxylic acids is 3. The van der Waals surface area contributed by atoms with E-state index in [-0.39, 0.29) is 29.2 Å². The van der Waals surface area contributed by atoms with Gasteiger partial charge in [-0.05, 0) is 97.3 Å². The summed E-state index contributed by atoms with van der Waals surface area (Å²) in [5, 5.41) is 0. The number of carbonyl (C=O) groups is 3. The van der Waals surface area contributed by atoms with Crippen molar-refractivity contribution in [2.45, 2.75) is 97.5 Å². The van der Waals surface area contributed by atoms with Crippen molar-refractivity contribution >= 4 is 17.9 Å². The Morgan fingerprint density at radius 2 is 0.982 bits per heavy atom. The predicted molar refractivity (Wildman–Crippen MR) is 218 cm³/mol. The highest BCUT2D eigenvalue weighted by atomic mass is 16.6. The van der Waals surface area contributed by atoms with Gasteiger partial charge in [0.2, 0.25) is 0 Å². The van der Waals surface area contributed by atoms with E-state index in [1.165, 1.54) is 69.6 Å². The van der Waals surface area contributed by atoms with Crippen LogP contribution >= 0.6 is 0 Å². The first-order chi connectivity index (χ1) is 27.4. The summed E-state index contributed by atoms with van der Waals surface area (Å²) in [5.41, 5.74) is 1.19. The summed E-state index contributed by atoms with van der Waals surface area (Å²) in [6.45, 7) is 9.56. The fraction of sp³-hybridized carbons (Fsp3) is 0.383. The van der Waals surface area contributed by atoms with Crippen LogP contribution in [0.15, 0.2) is 104 Å². The van der Waals surface area contributed by atoms with Crippen LogP contribution in [-0.4, -0.2) is 37.7 Å². The first-order valence-corrected chi connectivity index (χ1v) is 19.9. The fourth-order valence-electron chi connectivity index (χ4n) is 5.73. The van der Waals surface area contributed by atoms with Crippen LogP contribution < -0.4 is 23.7 Å². The third kappa shape index (κ3) is 15.3. The fourth-order valence-corrected chi connectivity index (χ4v) is 5.73. The van der Waals surface area contributed by atoms with E-state index in [2.05, 4.69) is 20.4 Å². The molecule has 0 aliphatic heterocycles. The van der Waals surface area contributed by atoms with Crippen LogP contribution in [0.3, 0.4) is 0 Å². The highest BCUT2D eigenvalue weighted by molar-refractivity contribution is 5.97. The molecule has 0 aromatic heterocycles. The molecule has 0 amide bonds. The van der Waals surface area contributed by atoms with E-state index in [0.717, 1.165) is 25.7 Å². The van der Waals surface area contributed by atoms with E-state index in [1.54, 1.807) is 78.9 Å². The molecule has 0 N–H and O–H groups in total. The van der Waals surface area contributed by atoms with E-state index in [1.807, 2.05) is 0 Å². The number of hydrogen-bond donors (Lipinski definition) is 0. The average Bonchev–Trinajstić information content (AvgIpc) is 3.22. The van der Waals surface area contributed by atoms with E-state index in [4.69, 9.17) is 28.4 Å². The second kappa shape index (κ2) is 24.8. The Bertz CT molecular complexity index is 1780. The third-order valence-corrected chi connectivity index (χ3v) is 8.96. The molecule has 0 atom stereocenters. The van der Waals surface area contributed by atoms with Crippen molar-refractivity contribution in [2.24, 2.45) is 0 Å². The highest BCUT2D eigenvalue weighted by Gasteiger charge is 2.21. The largest absolute Gasteiger partial charge is 0.494 e. The zero-order chi connectivity index (χ0) is 39.8. The lowest BCUT2D eigenvalue weighted by Crippen LogP contribution is -2.14. The van der Waals surface area contributed by atoms with Gasteiger partial charge in [-0.15, -0.1) is 0 Å². The van der Waals surface area contributed by atoms with Gasteiger partial charge in [-0.2, -0.15) is 0 Å². The Kier molecular flexibility index (Phi) is 19.1. The van der Waals surface area contributed by atoms with Crippen LogP contribution in [0, 0.1) is 0 Å². The summed E-state index contributed by atoms with van der Waals surface area (Å²) in [4.78, 5) is 39.9. The van der Waals surface area contributed by atoms with Crippen LogP contribution in [0.5, 0.6) is 28.7 Å². The minimum atomic E-state index is -0.775. The van der Waals surface area contributed by atoms with Gasteiger partial charge in [-0.3, -0.25) is 0 Å².